The Labute approximate surface area is 183 Å². The molecule has 0 bridgehead atoms. The van der Waals surface area contributed by atoms with Crippen molar-refractivity contribution in [3.8, 4) is 0 Å². The van der Waals surface area contributed by atoms with Crippen molar-refractivity contribution >= 4 is 29.1 Å². The summed E-state index contributed by atoms with van der Waals surface area (Å²) in [5.74, 6) is 1.66. The van der Waals surface area contributed by atoms with Crippen LogP contribution in [0.4, 0.5) is 11.5 Å². The topological polar surface area (TPSA) is 65.0 Å². The molecule has 1 aromatic carbocycles. The lowest BCUT2D eigenvalue weighted by Gasteiger charge is -2.30. The zero-order valence-electron chi connectivity index (χ0n) is 17.4. The molecule has 2 fully saturated rings. The summed E-state index contributed by atoms with van der Waals surface area (Å²) in [5, 5.41) is 7.72. The molecule has 2 aromatic rings. The SMILES string of the molecule is CN=C(NCc1ccccc1N1CCOCC1)NC1CCN(c2ncccc2Cl)C1. The fraction of sp³-hybridized carbons (Fsp3) is 0.455. The minimum atomic E-state index is 0.295. The number of aliphatic imine (C=N–C) groups is 1. The Morgan fingerprint density at radius 1 is 1.17 bits per heavy atom. The van der Waals surface area contributed by atoms with Crippen LogP contribution in [-0.4, -0.2) is 63.4 Å². The third-order valence-electron chi connectivity index (χ3n) is 5.58. The Morgan fingerprint density at radius 2 is 2.00 bits per heavy atom. The van der Waals surface area contributed by atoms with Gasteiger partial charge in [0.2, 0.25) is 0 Å². The maximum Gasteiger partial charge on any atom is 0.191 e. The first-order valence-electron chi connectivity index (χ1n) is 10.5. The van der Waals surface area contributed by atoms with Gasteiger partial charge in [-0.25, -0.2) is 4.98 Å². The molecule has 1 unspecified atom stereocenters. The molecule has 0 spiro atoms. The van der Waals surface area contributed by atoms with E-state index < -0.39 is 0 Å². The van der Waals surface area contributed by atoms with E-state index in [9.17, 15) is 0 Å². The average Bonchev–Trinajstić information content (AvgIpc) is 3.26. The maximum absolute atomic E-state index is 6.31. The summed E-state index contributed by atoms with van der Waals surface area (Å²) in [7, 11) is 1.81. The van der Waals surface area contributed by atoms with Crippen LogP contribution in [0.3, 0.4) is 0 Å². The summed E-state index contributed by atoms with van der Waals surface area (Å²) in [4.78, 5) is 13.5. The second kappa shape index (κ2) is 10.00. The number of guanidine groups is 1. The van der Waals surface area contributed by atoms with Crippen LogP contribution >= 0.6 is 11.6 Å². The summed E-state index contributed by atoms with van der Waals surface area (Å²) >= 11 is 6.31. The third kappa shape index (κ3) is 4.96. The number of rotatable bonds is 5. The molecule has 1 aromatic heterocycles. The molecule has 3 heterocycles. The van der Waals surface area contributed by atoms with Crippen LogP contribution in [0.25, 0.3) is 0 Å². The molecule has 0 aliphatic carbocycles. The average molecular weight is 429 g/mol. The smallest absolute Gasteiger partial charge is 0.191 e. The summed E-state index contributed by atoms with van der Waals surface area (Å²) in [6.07, 6.45) is 2.80. The van der Waals surface area contributed by atoms with Crippen molar-refractivity contribution < 1.29 is 4.74 Å². The van der Waals surface area contributed by atoms with E-state index in [4.69, 9.17) is 16.3 Å². The number of pyridine rings is 1. The summed E-state index contributed by atoms with van der Waals surface area (Å²) in [5.41, 5.74) is 2.52. The molecule has 4 rings (SSSR count). The van der Waals surface area contributed by atoms with Crippen molar-refractivity contribution in [1.82, 2.24) is 15.6 Å². The first-order chi connectivity index (χ1) is 14.7. The molecular weight excluding hydrogens is 400 g/mol. The molecular formula is C22H29ClN6O. The monoisotopic (exact) mass is 428 g/mol. The van der Waals surface area contributed by atoms with E-state index in [0.29, 0.717) is 11.1 Å². The highest BCUT2D eigenvalue weighted by atomic mass is 35.5. The second-order valence-electron chi connectivity index (χ2n) is 7.54. The predicted octanol–water partition coefficient (Wildman–Crippen LogP) is 2.52. The fourth-order valence-corrected chi connectivity index (χ4v) is 4.26. The van der Waals surface area contributed by atoms with Gasteiger partial charge < -0.3 is 25.2 Å². The Kier molecular flexibility index (Phi) is 6.92. The lowest BCUT2D eigenvalue weighted by atomic mass is 10.1. The highest BCUT2D eigenvalue weighted by Gasteiger charge is 2.25. The van der Waals surface area contributed by atoms with Crippen LogP contribution in [0.1, 0.15) is 12.0 Å². The Bertz CT molecular complexity index is 870. The van der Waals surface area contributed by atoms with Crippen LogP contribution in [-0.2, 0) is 11.3 Å². The van der Waals surface area contributed by atoms with E-state index in [1.54, 1.807) is 6.20 Å². The van der Waals surface area contributed by atoms with Gasteiger partial charge in [-0.15, -0.1) is 0 Å². The van der Waals surface area contributed by atoms with Gasteiger partial charge in [0.1, 0.15) is 5.82 Å². The molecule has 2 aliphatic rings. The molecule has 8 heteroatoms. The Morgan fingerprint density at radius 3 is 2.80 bits per heavy atom. The highest BCUT2D eigenvalue weighted by molar-refractivity contribution is 6.32. The molecule has 2 N–H and O–H groups in total. The molecule has 1 atom stereocenters. The number of nitrogens with zero attached hydrogens (tertiary/aromatic N) is 4. The van der Waals surface area contributed by atoms with Gasteiger partial charge in [0.05, 0.1) is 18.2 Å². The van der Waals surface area contributed by atoms with E-state index in [1.165, 1.54) is 11.3 Å². The van der Waals surface area contributed by atoms with Crippen molar-refractivity contribution in [2.75, 3.05) is 56.2 Å². The maximum atomic E-state index is 6.31. The molecule has 160 valence electrons. The standard InChI is InChI=1S/C22H29ClN6O/c1-24-22(27-18-8-10-29(16-18)21-19(23)6-4-9-25-21)26-15-17-5-2-3-7-20(17)28-11-13-30-14-12-28/h2-7,9,18H,8,10-16H2,1H3,(H2,24,26,27). The zero-order chi connectivity index (χ0) is 20.8. The molecule has 2 aliphatic heterocycles. The second-order valence-corrected chi connectivity index (χ2v) is 7.95. The van der Waals surface area contributed by atoms with Crippen molar-refractivity contribution in [1.29, 1.82) is 0 Å². The highest BCUT2D eigenvalue weighted by Crippen LogP contribution is 2.26. The van der Waals surface area contributed by atoms with Crippen molar-refractivity contribution in [3.63, 3.8) is 0 Å². The summed E-state index contributed by atoms with van der Waals surface area (Å²) in [6.45, 7) is 5.91. The number of para-hydroxylation sites is 1. The van der Waals surface area contributed by atoms with E-state index in [0.717, 1.165) is 64.1 Å². The van der Waals surface area contributed by atoms with E-state index >= 15 is 0 Å². The minimum absolute atomic E-state index is 0.295. The number of hydrogen-bond acceptors (Lipinski definition) is 5. The van der Waals surface area contributed by atoms with Crippen LogP contribution < -0.4 is 20.4 Å². The van der Waals surface area contributed by atoms with Gasteiger partial charge in [-0.2, -0.15) is 0 Å². The Balaban J connectivity index is 1.34. The zero-order valence-corrected chi connectivity index (χ0v) is 18.1. The minimum Gasteiger partial charge on any atom is -0.378 e. The van der Waals surface area contributed by atoms with Gasteiger partial charge in [-0.1, -0.05) is 29.8 Å². The van der Waals surface area contributed by atoms with Crippen molar-refractivity contribution in [2.45, 2.75) is 19.0 Å². The molecule has 30 heavy (non-hydrogen) atoms. The number of aromatic nitrogens is 1. The molecule has 0 radical (unpaired) electrons. The molecule has 7 nitrogen and oxygen atoms in total. The lowest BCUT2D eigenvalue weighted by Crippen LogP contribution is -2.44. The normalized spacial score (nSPS) is 19.8. The number of benzene rings is 1. The number of ether oxygens (including phenoxy) is 1. The first-order valence-corrected chi connectivity index (χ1v) is 10.9. The fourth-order valence-electron chi connectivity index (χ4n) is 4.02. The van der Waals surface area contributed by atoms with Gasteiger partial charge in [-0.05, 0) is 30.2 Å². The predicted molar refractivity (Wildman–Crippen MR) is 123 cm³/mol. The first kappa shape index (κ1) is 20.8. The van der Waals surface area contributed by atoms with Crippen LogP contribution in [0.15, 0.2) is 47.6 Å². The van der Waals surface area contributed by atoms with Crippen molar-refractivity contribution in [3.05, 3.63) is 53.2 Å². The van der Waals surface area contributed by atoms with E-state index in [1.807, 2.05) is 19.2 Å². The number of nitrogens with one attached hydrogen (secondary N) is 2. The number of halogens is 1. The summed E-state index contributed by atoms with van der Waals surface area (Å²) < 4.78 is 5.50. The Hall–Kier alpha value is -2.51. The quantitative estimate of drug-likeness (QED) is 0.563. The lowest BCUT2D eigenvalue weighted by molar-refractivity contribution is 0.122. The largest absolute Gasteiger partial charge is 0.378 e. The van der Waals surface area contributed by atoms with Crippen molar-refractivity contribution in [2.24, 2.45) is 4.99 Å². The molecule has 0 amide bonds. The number of anilines is 2. The van der Waals surface area contributed by atoms with Gasteiger partial charge >= 0.3 is 0 Å². The van der Waals surface area contributed by atoms with Crippen LogP contribution in [0, 0.1) is 0 Å². The number of morpholine rings is 1. The molecule has 0 saturated carbocycles. The van der Waals surface area contributed by atoms with Gasteiger partial charge in [-0.3, -0.25) is 4.99 Å². The summed E-state index contributed by atoms with van der Waals surface area (Å²) in [6, 6.07) is 12.6. The molecule has 2 saturated heterocycles. The van der Waals surface area contributed by atoms with Gasteiger partial charge in [0, 0.05) is 57.7 Å². The van der Waals surface area contributed by atoms with Crippen LogP contribution in [0.2, 0.25) is 5.02 Å². The van der Waals surface area contributed by atoms with E-state index in [2.05, 4.69) is 54.7 Å². The van der Waals surface area contributed by atoms with E-state index in [-0.39, 0.29) is 0 Å². The number of hydrogen-bond donors (Lipinski definition) is 2. The van der Waals surface area contributed by atoms with Gasteiger partial charge in [0.15, 0.2) is 5.96 Å². The third-order valence-corrected chi connectivity index (χ3v) is 5.88. The van der Waals surface area contributed by atoms with Crippen LogP contribution in [0.5, 0.6) is 0 Å². The van der Waals surface area contributed by atoms with Gasteiger partial charge in [0.25, 0.3) is 0 Å².